The molecule has 0 saturated carbocycles. The second-order valence-corrected chi connectivity index (χ2v) is 5.77. The van der Waals surface area contributed by atoms with Crippen molar-refractivity contribution in [1.82, 2.24) is 0 Å². The number of benzene rings is 1. The molecule has 1 aliphatic rings. The van der Waals surface area contributed by atoms with E-state index in [0.717, 1.165) is 23.6 Å². The normalized spacial score (nSPS) is 27.5. The van der Waals surface area contributed by atoms with Crippen molar-refractivity contribution in [2.24, 2.45) is 0 Å². The van der Waals surface area contributed by atoms with E-state index in [2.05, 4.69) is 18.3 Å². The Hall–Kier alpha value is -1.34. The largest absolute Gasteiger partial charge is 0.495 e. The number of hydrogen-bond donors (Lipinski definition) is 1. The van der Waals surface area contributed by atoms with Gasteiger partial charge >= 0.3 is 0 Å². The van der Waals surface area contributed by atoms with Crippen LogP contribution < -0.4 is 10.1 Å². The molecule has 1 fully saturated rings. The van der Waals surface area contributed by atoms with E-state index in [0.29, 0.717) is 5.25 Å². The number of methoxy groups -OCH3 is 1. The lowest BCUT2D eigenvalue weighted by atomic mass is 9.97. The van der Waals surface area contributed by atoms with E-state index < -0.39 is 5.54 Å². The second kappa shape index (κ2) is 4.89. The van der Waals surface area contributed by atoms with Crippen LogP contribution in [0.2, 0.25) is 0 Å². The van der Waals surface area contributed by atoms with Crippen molar-refractivity contribution < 1.29 is 4.74 Å². The van der Waals surface area contributed by atoms with Gasteiger partial charge in [-0.3, -0.25) is 0 Å². The SMILES string of the molecule is COc1ccccc1NC1(C#N)CSC(C)C1. The van der Waals surface area contributed by atoms with Crippen LogP contribution in [0.5, 0.6) is 5.75 Å². The lowest BCUT2D eigenvalue weighted by Crippen LogP contribution is -2.37. The van der Waals surface area contributed by atoms with Gasteiger partial charge in [0.15, 0.2) is 0 Å². The van der Waals surface area contributed by atoms with Gasteiger partial charge in [0, 0.05) is 11.0 Å². The maximum absolute atomic E-state index is 9.39. The number of para-hydroxylation sites is 2. The van der Waals surface area contributed by atoms with Gasteiger partial charge in [0.25, 0.3) is 0 Å². The molecule has 4 heteroatoms. The van der Waals surface area contributed by atoms with Crippen molar-refractivity contribution >= 4 is 17.4 Å². The van der Waals surface area contributed by atoms with Crippen molar-refractivity contribution in [2.75, 3.05) is 18.2 Å². The zero-order chi connectivity index (χ0) is 12.3. The van der Waals surface area contributed by atoms with Crippen LogP contribution >= 0.6 is 11.8 Å². The number of nitrogens with one attached hydrogen (secondary N) is 1. The average Bonchev–Trinajstić information content (AvgIpc) is 2.72. The van der Waals surface area contributed by atoms with Crippen LogP contribution in [0.25, 0.3) is 0 Å². The summed E-state index contributed by atoms with van der Waals surface area (Å²) in [5, 5.41) is 13.3. The Balaban J connectivity index is 2.22. The van der Waals surface area contributed by atoms with Crippen molar-refractivity contribution in [1.29, 1.82) is 5.26 Å². The highest BCUT2D eigenvalue weighted by atomic mass is 32.2. The zero-order valence-electron chi connectivity index (χ0n) is 10.1. The standard InChI is InChI=1S/C13H16N2OS/c1-10-7-13(8-14,9-17-10)15-11-5-3-4-6-12(11)16-2/h3-6,10,15H,7,9H2,1-2H3. The lowest BCUT2D eigenvalue weighted by Gasteiger charge is -2.24. The first-order valence-corrected chi connectivity index (χ1v) is 6.68. The molecule has 2 rings (SSSR count). The number of nitrogens with zero attached hydrogens (tertiary/aromatic N) is 1. The van der Waals surface area contributed by atoms with Crippen LogP contribution in [-0.2, 0) is 0 Å². The zero-order valence-corrected chi connectivity index (χ0v) is 10.9. The minimum atomic E-state index is -0.460. The quantitative estimate of drug-likeness (QED) is 0.893. The van der Waals surface area contributed by atoms with Crippen LogP contribution in [-0.4, -0.2) is 23.7 Å². The van der Waals surface area contributed by atoms with Gasteiger partial charge in [0.1, 0.15) is 11.3 Å². The Labute approximate surface area is 106 Å². The summed E-state index contributed by atoms with van der Waals surface area (Å²) >= 11 is 1.84. The Morgan fingerprint density at radius 2 is 2.29 bits per heavy atom. The molecule has 0 aromatic heterocycles. The number of anilines is 1. The number of hydrogen-bond acceptors (Lipinski definition) is 4. The lowest BCUT2D eigenvalue weighted by molar-refractivity contribution is 0.415. The summed E-state index contributed by atoms with van der Waals surface area (Å²) in [5.41, 5.74) is 0.435. The van der Waals surface area contributed by atoms with E-state index >= 15 is 0 Å². The van der Waals surface area contributed by atoms with E-state index in [-0.39, 0.29) is 0 Å². The highest BCUT2D eigenvalue weighted by molar-refractivity contribution is 8.00. The smallest absolute Gasteiger partial charge is 0.141 e. The predicted octanol–water partition coefficient (Wildman–Crippen LogP) is 2.89. The molecule has 2 atom stereocenters. The first-order valence-electron chi connectivity index (χ1n) is 5.63. The summed E-state index contributed by atoms with van der Waals surface area (Å²) < 4.78 is 5.29. The summed E-state index contributed by atoms with van der Waals surface area (Å²) in [4.78, 5) is 0. The van der Waals surface area contributed by atoms with E-state index in [1.165, 1.54) is 0 Å². The Morgan fingerprint density at radius 3 is 2.88 bits per heavy atom. The fourth-order valence-corrected chi connectivity index (χ4v) is 3.32. The number of ether oxygens (including phenoxy) is 1. The Morgan fingerprint density at radius 1 is 1.53 bits per heavy atom. The minimum absolute atomic E-state index is 0.460. The fraction of sp³-hybridized carbons (Fsp3) is 0.462. The Kier molecular flexibility index (Phi) is 3.49. The van der Waals surface area contributed by atoms with Crippen LogP contribution in [0.4, 0.5) is 5.69 Å². The second-order valence-electron chi connectivity index (χ2n) is 4.34. The molecule has 1 saturated heterocycles. The summed E-state index contributed by atoms with van der Waals surface area (Å²) in [6.07, 6.45) is 0.867. The number of nitriles is 1. The molecule has 3 nitrogen and oxygen atoms in total. The van der Waals surface area contributed by atoms with Gasteiger partial charge < -0.3 is 10.1 Å². The number of thioether (sulfide) groups is 1. The van der Waals surface area contributed by atoms with Crippen molar-refractivity contribution in [3.63, 3.8) is 0 Å². The van der Waals surface area contributed by atoms with E-state index in [1.807, 2.05) is 36.0 Å². The van der Waals surface area contributed by atoms with Gasteiger partial charge in [-0.2, -0.15) is 17.0 Å². The minimum Gasteiger partial charge on any atom is -0.495 e. The van der Waals surface area contributed by atoms with Gasteiger partial charge in [0.2, 0.25) is 0 Å². The van der Waals surface area contributed by atoms with Crippen molar-refractivity contribution in [3.8, 4) is 11.8 Å². The topological polar surface area (TPSA) is 45.0 Å². The summed E-state index contributed by atoms with van der Waals surface area (Å²) in [6.45, 7) is 2.16. The highest BCUT2D eigenvalue weighted by Crippen LogP contribution is 2.38. The van der Waals surface area contributed by atoms with Crippen LogP contribution in [0.15, 0.2) is 24.3 Å². The maximum Gasteiger partial charge on any atom is 0.141 e. The summed E-state index contributed by atoms with van der Waals surface area (Å²) in [7, 11) is 1.64. The maximum atomic E-state index is 9.39. The average molecular weight is 248 g/mol. The number of rotatable bonds is 3. The molecular formula is C13H16N2OS. The van der Waals surface area contributed by atoms with Crippen LogP contribution in [0.3, 0.4) is 0 Å². The van der Waals surface area contributed by atoms with Gasteiger partial charge in [-0.1, -0.05) is 19.1 Å². The molecule has 1 N–H and O–H groups in total. The molecule has 2 unspecified atom stereocenters. The first-order chi connectivity index (χ1) is 8.19. The third kappa shape index (κ3) is 2.50. The molecule has 1 aromatic rings. The first kappa shape index (κ1) is 12.1. The van der Waals surface area contributed by atoms with Crippen LogP contribution in [0.1, 0.15) is 13.3 Å². The third-order valence-corrected chi connectivity index (χ3v) is 4.34. The molecule has 0 aliphatic carbocycles. The molecule has 0 bridgehead atoms. The van der Waals surface area contributed by atoms with Gasteiger partial charge in [-0.25, -0.2) is 0 Å². The molecule has 1 aromatic carbocycles. The highest BCUT2D eigenvalue weighted by Gasteiger charge is 2.38. The van der Waals surface area contributed by atoms with Crippen molar-refractivity contribution in [3.05, 3.63) is 24.3 Å². The molecule has 0 spiro atoms. The molecule has 0 amide bonds. The molecule has 0 radical (unpaired) electrons. The summed E-state index contributed by atoms with van der Waals surface area (Å²) in [6, 6.07) is 10.1. The van der Waals surface area contributed by atoms with Gasteiger partial charge in [-0.15, -0.1) is 0 Å². The van der Waals surface area contributed by atoms with Gasteiger partial charge in [-0.05, 0) is 18.6 Å². The Bertz CT molecular complexity index is 443. The molecule has 1 aliphatic heterocycles. The monoisotopic (exact) mass is 248 g/mol. The van der Waals surface area contributed by atoms with E-state index in [4.69, 9.17) is 4.74 Å². The van der Waals surface area contributed by atoms with E-state index in [1.54, 1.807) is 7.11 Å². The predicted molar refractivity (Wildman–Crippen MR) is 71.5 cm³/mol. The van der Waals surface area contributed by atoms with Crippen LogP contribution in [0, 0.1) is 11.3 Å². The molecule has 1 heterocycles. The van der Waals surface area contributed by atoms with E-state index in [9.17, 15) is 5.26 Å². The third-order valence-electron chi connectivity index (χ3n) is 2.95. The summed E-state index contributed by atoms with van der Waals surface area (Å²) in [5.74, 6) is 1.61. The molecule has 90 valence electrons. The fourth-order valence-electron chi connectivity index (χ4n) is 2.09. The van der Waals surface area contributed by atoms with Gasteiger partial charge in [0.05, 0.1) is 18.9 Å². The van der Waals surface area contributed by atoms with Crippen molar-refractivity contribution in [2.45, 2.75) is 24.1 Å². The molecular weight excluding hydrogens is 232 g/mol. The molecule has 17 heavy (non-hydrogen) atoms.